The van der Waals surface area contributed by atoms with Crippen LogP contribution in [0.15, 0.2) is 0 Å². The first-order valence-corrected chi connectivity index (χ1v) is 25.7. The Labute approximate surface area is 260 Å². The van der Waals surface area contributed by atoms with Gasteiger partial charge in [0.1, 0.15) is 13.2 Å². The van der Waals surface area contributed by atoms with Crippen LogP contribution in [-0.4, -0.2) is 75.9 Å². The number of carbonyl (C=O) groups excluding carboxylic acids is 1. The van der Waals surface area contributed by atoms with Crippen molar-refractivity contribution in [1.82, 2.24) is 0 Å². The van der Waals surface area contributed by atoms with Gasteiger partial charge in [0.05, 0.1) is 20.6 Å². The minimum Gasteiger partial charge on any atom is -1.00 e. The van der Waals surface area contributed by atoms with E-state index in [9.17, 15) is 4.79 Å². The number of unbranched alkanes of at least 4 members (excludes halogenated alkanes) is 13. The predicted molar refractivity (Wildman–Crippen MR) is 178 cm³/mol. The number of ether oxygens (including phenoxy) is 1. The molecule has 5 nitrogen and oxygen atoms in total. The van der Waals surface area contributed by atoms with Crippen LogP contribution in [0.4, 0.5) is 0 Å². The minimum atomic E-state index is -2.22. The van der Waals surface area contributed by atoms with E-state index in [2.05, 4.69) is 66.8 Å². The summed E-state index contributed by atoms with van der Waals surface area (Å²) < 4.78 is 19.7. The Balaban J connectivity index is 0. The van der Waals surface area contributed by atoms with Gasteiger partial charge in [0.25, 0.3) is 0 Å². The van der Waals surface area contributed by atoms with E-state index >= 15 is 0 Å². The zero-order valence-corrected chi connectivity index (χ0v) is 32.4. The molecule has 0 aromatic rings. The Hall–Kier alpha value is 0.451. The lowest BCUT2D eigenvalue weighted by molar-refractivity contribution is -0.882. The fourth-order valence-corrected chi connectivity index (χ4v) is 17.9. The Kier molecular flexibility index (Phi) is 24.4. The number of quaternary nitrogens is 1. The van der Waals surface area contributed by atoms with E-state index < -0.39 is 25.2 Å². The van der Waals surface area contributed by atoms with Crippen molar-refractivity contribution in [3.05, 3.63) is 0 Å². The normalized spacial score (nSPS) is 12.9. The molecule has 40 heavy (non-hydrogen) atoms. The summed E-state index contributed by atoms with van der Waals surface area (Å²) in [4.78, 5) is 12.6. The number of nitrogens with zero attached hydrogens (tertiary/aromatic N) is 1. The van der Waals surface area contributed by atoms with Crippen molar-refractivity contribution in [2.75, 3.05) is 40.4 Å². The SMILES string of the molecule is CCCCCCCCCCCCCCCC[N+](C)(C)CC(=O)COCCC[Si](C)(O[Si](C)(C)C)O[Si](C)(C)C.[Cl-]. The topological polar surface area (TPSA) is 44.8 Å². The van der Waals surface area contributed by atoms with Gasteiger partial charge >= 0.3 is 8.56 Å². The second-order valence-corrected chi connectivity index (χ2v) is 27.5. The lowest BCUT2D eigenvalue weighted by Gasteiger charge is -2.38. The summed E-state index contributed by atoms with van der Waals surface area (Å²) in [7, 11) is -1.21. The maximum atomic E-state index is 12.6. The Morgan fingerprint density at radius 2 is 1.02 bits per heavy atom. The molecule has 0 unspecified atom stereocenters. The fourth-order valence-electron chi connectivity index (χ4n) is 5.44. The van der Waals surface area contributed by atoms with Crippen LogP contribution < -0.4 is 12.4 Å². The highest BCUT2D eigenvalue weighted by atomic mass is 35.5. The lowest BCUT2D eigenvalue weighted by atomic mass is 10.0. The molecule has 0 bridgehead atoms. The zero-order chi connectivity index (χ0) is 29.8. The molecule has 0 saturated heterocycles. The summed E-state index contributed by atoms with van der Waals surface area (Å²) >= 11 is 0. The highest BCUT2D eigenvalue weighted by molar-refractivity contribution is 6.87. The summed E-state index contributed by atoms with van der Waals surface area (Å²) in [6, 6.07) is 0.927. The lowest BCUT2D eigenvalue weighted by Crippen LogP contribution is -3.00. The van der Waals surface area contributed by atoms with Crippen molar-refractivity contribution in [2.24, 2.45) is 0 Å². The first-order valence-electron chi connectivity index (χ1n) is 16.4. The highest BCUT2D eigenvalue weighted by Crippen LogP contribution is 2.25. The Bertz CT molecular complexity index is 609. The molecule has 9 heteroatoms. The predicted octanol–water partition coefficient (Wildman–Crippen LogP) is 6.30. The number of rotatable bonds is 27. The van der Waals surface area contributed by atoms with E-state index in [1.807, 2.05) is 0 Å². The smallest absolute Gasteiger partial charge is 0.314 e. The molecule has 0 fully saturated rings. The number of halogens is 1. The molecule has 0 saturated carbocycles. The first-order chi connectivity index (χ1) is 18.1. The maximum absolute atomic E-state index is 12.6. The van der Waals surface area contributed by atoms with E-state index in [1.54, 1.807) is 0 Å². The third kappa shape index (κ3) is 28.6. The van der Waals surface area contributed by atoms with E-state index in [0.717, 1.165) is 23.5 Å². The van der Waals surface area contributed by atoms with E-state index in [4.69, 9.17) is 13.0 Å². The first kappa shape index (κ1) is 42.6. The van der Waals surface area contributed by atoms with Crippen LogP contribution in [0.3, 0.4) is 0 Å². The summed E-state index contributed by atoms with van der Waals surface area (Å²) in [6.45, 7) is 20.4. The summed E-state index contributed by atoms with van der Waals surface area (Å²) in [5.74, 6) is 0.210. The van der Waals surface area contributed by atoms with Gasteiger partial charge in [-0.3, -0.25) is 4.79 Å². The zero-order valence-electron chi connectivity index (χ0n) is 28.6. The van der Waals surface area contributed by atoms with Crippen molar-refractivity contribution < 1.29 is 34.7 Å². The molecule has 0 aliphatic carbocycles. The van der Waals surface area contributed by atoms with Gasteiger partial charge in [0, 0.05) is 6.61 Å². The van der Waals surface area contributed by atoms with E-state index in [1.165, 1.54) is 89.9 Å². The van der Waals surface area contributed by atoms with Gasteiger partial charge in [0.15, 0.2) is 16.6 Å². The number of hydrogen-bond acceptors (Lipinski definition) is 4. The van der Waals surface area contributed by atoms with Crippen LogP contribution in [0.2, 0.25) is 51.9 Å². The molecule has 0 atom stereocenters. The number of Topliss-reactive ketones (excluding diaryl/α,β-unsaturated/α-hetero) is 1. The number of carbonyl (C=O) groups is 1. The van der Waals surface area contributed by atoms with Crippen LogP contribution in [-0.2, 0) is 17.8 Å². The molecule has 0 heterocycles. The molecular weight excluding hydrogens is 570 g/mol. The van der Waals surface area contributed by atoms with E-state index in [-0.39, 0.29) is 24.8 Å². The average Bonchev–Trinajstić information content (AvgIpc) is 2.76. The second kappa shape index (κ2) is 22.9. The van der Waals surface area contributed by atoms with Crippen molar-refractivity contribution in [2.45, 2.75) is 155 Å². The van der Waals surface area contributed by atoms with Crippen molar-refractivity contribution in [3.63, 3.8) is 0 Å². The van der Waals surface area contributed by atoms with Crippen LogP contribution in [0, 0.1) is 0 Å². The largest absolute Gasteiger partial charge is 1.00 e. The van der Waals surface area contributed by atoms with Crippen LogP contribution >= 0.6 is 0 Å². The molecular formula is C31H70ClNO4Si3. The van der Waals surface area contributed by atoms with Crippen molar-refractivity contribution in [1.29, 1.82) is 0 Å². The third-order valence-electron chi connectivity index (χ3n) is 6.95. The van der Waals surface area contributed by atoms with Gasteiger partial charge in [-0.2, -0.15) is 0 Å². The quantitative estimate of drug-likeness (QED) is 0.0601. The third-order valence-corrected chi connectivity index (χ3v) is 16.6. The van der Waals surface area contributed by atoms with Gasteiger partial charge in [-0.05, 0) is 71.1 Å². The van der Waals surface area contributed by atoms with Gasteiger partial charge in [-0.15, -0.1) is 0 Å². The molecule has 0 rings (SSSR count). The number of hydrogen-bond donors (Lipinski definition) is 0. The van der Waals surface area contributed by atoms with Crippen molar-refractivity contribution in [3.8, 4) is 0 Å². The van der Waals surface area contributed by atoms with Crippen LogP contribution in [0.5, 0.6) is 0 Å². The monoisotopic (exact) mass is 639 g/mol. The second-order valence-electron chi connectivity index (χ2n) is 14.7. The highest BCUT2D eigenvalue weighted by Gasteiger charge is 2.39. The molecule has 0 radical (unpaired) electrons. The van der Waals surface area contributed by atoms with Crippen LogP contribution in [0.1, 0.15) is 103 Å². The van der Waals surface area contributed by atoms with Gasteiger partial charge < -0.3 is 29.9 Å². The molecule has 0 aliphatic rings. The standard InChI is InChI=1S/C31H70NO4Si3.ClH/c1-11-12-13-14-15-16-17-18-19-20-21-22-23-24-26-32(2,3)29-31(33)30-34-27-25-28-39(10,35-37(4,5)6)36-38(7,8)9;/h11-30H2,1-10H3;1H/q+1;/p-1. The summed E-state index contributed by atoms with van der Waals surface area (Å²) in [5, 5.41) is 0. The Morgan fingerprint density at radius 3 is 1.43 bits per heavy atom. The molecule has 0 aromatic heterocycles. The minimum absolute atomic E-state index is 0. The van der Waals surface area contributed by atoms with E-state index in [0.29, 0.717) is 13.2 Å². The number of ketones is 1. The average molecular weight is 641 g/mol. The number of likely N-dealkylation sites (N-methyl/N-ethyl adjacent to an activating group) is 1. The van der Waals surface area contributed by atoms with Gasteiger partial charge in [0.2, 0.25) is 5.78 Å². The summed E-state index contributed by atoms with van der Waals surface area (Å²) in [5.41, 5.74) is 0. The maximum Gasteiger partial charge on any atom is 0.314 e. The Morgan fingerprint density at radius 1 is 0.625 bits per heavy atom. The molecule has 0 aromatic carbocycles. The van der Waals surface area contributed by atoms with Gasteiger partial charge in [-0.25, -0.2) is 0 Å². The summed E-state index contributed by atoms with van der Waals surface area (Å²) in [6.07, 6.45) is 20.2. The molecule has 0 spiro atoms. The van der Waals surface area contributed by atoms with Gasteiger partial charge in [-0.1, -0.05) is 84.0 Å². The van der Waals surface area contributed by atoms with Crippen molar-refractivity contribution >= 4 is 31.0 Å². The molecule has 0 N–H and O–H groups in total. The fraction of sp³-hybridized carbons (Fsp3) is 0.968. The molecule has 242 valence electrons. The van der Waals surface area contributed by atoms with Crippen LogP contribution in [0.25, 0.3) is 0 Å². The molecule has 0 aliphatic heterocycles. The molecule has 0 amide bonds.